The molecule has 0 saturated heterocycles. The van der Waals surface area contributed by atoms with Gasteiger partial charge in [0.25, 0.3) is 0 Å². The van der Waals surface area contributed by atoms with Crippen LogP contribution in [0.1, 0.15) is 25.1 Å². The fourth-order valence-electron chi connectivity index (χ4n) is 4.06. The average molecular weight is 438 g/mol. The average Bonchev–Trinajstić information content (AvgIpc) is 3.34. The fourth-order valence-corrected chi connectivity index (χ4v) is 4.06. The Balaban J connectivity index is 0.000000418. The highest BCUT2D eigenvalue weighted by Crippen LogP contribution is 2.41. The first-order valence-corrected chi connectivity index (χ1v) is 10.8. The molecule has 0 aliphatic carbocycles. The van der Waals surface area contributed by atoms with Crippen molar-refractivity contribution in [2.75, 3.05) is 0 Å². The number of para-hydroxylation sites is 1. The van der Waals surface area contributed by atoms with Gasteiger partial charge in [-0.05, 0) is 38.1 Å². The van der Waals surface area contributed by atoms with Gasteiger partial charge >= 0.3 is 0 Å². The van der Waals surface area contributed by atoms with Gasteiger partial charge in [-0.2, -0.15) is 4.57 Å². The van der Waals surface area contributed by atoms with Crippen LogP contribution < -0.4 is 23.2 Å². The van der Waals surface area contributed by atoms with Crippen LogP contribution in [0.2, 0.25) is 0 Å². The molecule has 1 aliphatic heterocycles. The Morgan fingerprint density at radius 1 is 0.774 bits per heavy atom. The lowest BCUT2D eigenvalue weighted by Crippen LogP contribution is -2.68. The molecule has 0 saturated carbocycles. The third-order valence-electron chi connectivity index (χ3n) is 5.40. The first kappa shape index (κ1) is 21.2. The molecule has 31 heavy (non-hydrogen) atoms. The molecular weight excluding hydrogens is 418 g/mol. The van der Waals surface area contributed by atoms with Crippen LogP contribution in [0, 0.1) is 10.2 Å². The van der Waals surface area contributed by atoms with E-state index in [1.54, 1.807) is 6.26 Å². The Bertz CT molecular complexity index is 1190. The minimum Gasteiger partial charge on any atom is -0.464 e. The summed E-state index contributed by atoms with van der Waals surface area (Å²) in [5.41, 5.74) is 7.34. The number of aromatic nitrogens is 1. The Morgan fingerprint density at radius 2 is 1.42 bits per heavy atom. The van der Waals surface area contributed by atoms with Crippen molar-refractivity contribution in [1.29, 1.82) is 0 Å². The molecule has 2 aromatic heterocycles. The predicted molar refractivity (Wildman–Crippen MR) is 103 cm³/mol. The van der Waals surface area contributed by atoms with E-state index in [4.69, 9.17) is 23.1 Å². The molecule has 0 radical (unpaired) electrons. The Kier molecular flexibility index (Phi) is 5.43. The van der Waals surface area contributed by atoms with Crippen molar-refractivity contribution in [2.45, 2.75) is 19.3 Å². The molecule has 0 amide bonds. The van der Waals surface area contributed by atoms with E-state index in [-0.39, 0.29) is 5.41 Å². The van der Waals surface area contributed by atoms with E-state index >= 15 is 0 Å². The van der Waals surface area contributed by atoms with Crippen LogP contribution in [-0.4, -0.2) is 0 Å². The number of rotatable bonds is 2. The quantitative estimate of drug-likeness (QED) is 0.430. The number of nitrogens with zero attached hydrogens (tertiary/aromatic N) is 1. The molecule has 1 aliphatic rings. The van der Waals surface area contributed by atoms with E-state index in [0.29, 0.717) is 0 Å². The summed E-state index contributed by atoms with van der Waals surface area (Å²) in [6, 6.07) is 27.7. The standard InChI is InChI=1S/C24H20NO.ClHO4/c1-24(2)19-11-6-7-12-20(19)25-21(17-9-4-3-5-10-17)15-18(16-23(24)25)22-13-8-14-26-22;2-1(3,4)5/h3-16H,1-2H3;(H,2,3,4,5)/q+1;/p-1. The van der Waals surface area contributed by atoms with Gasteiger partial charge in [0.1, 0.15) is 5.76 Å². The molecule has 0 unspecified atom stereocenters. The van der Waals surface area contributed by atoms with Crippen molar-refractivity contribution >= 4 is 0 Å². The van der Waals surface area contributed by atoms with Crippen molar-refractivity contribution < 1.29 is 37.9 Å². The van der Waals surface area contributed by atoms with E-state index in [1.807, 2.05) is 12.1 Å². The zero-order valence-corrected chi connectivity index (χ0v) is 17.7. The maximum atomic E-state index is 8.49. The summed E-state index contributed by atoms with van der Waals surface area (Å²) < 4.78 is 42.1. The predicted octanol–water partition coefficient (Wildman–Crippen LogP) is 0.774. The molecule has 5 rings (SSSR count). The smallest absolute Gasteiger partial charge is 0.219 e. The molecule has 2 aromatic carbocycles. The van der Waals surface area contributed by atoms with Gasteiger partial charge in [0.15, 0.2) is 5.69 Å². The SMILES string of the molecule is CC1(C)c2ccccc2-[n+]2c(-c3ccccc3)cc(-c3ccco3)cc21.[O-][Cl+3]([O-])([O-])[O-]. The number of halogens is 1. The maximum Gasteiger partial charge on any atom is 0.219 e. The van der Waals surface area contributed by atoms with Crippen LogP contribution in [0.4, 0.5) is 0 Å². The highest BCUT2D eigenvalue weighted by Gasteiger charge is 2.45. The zero-order valence-electron chi connectivity index (χ0n) is 16.9. The third kappa shape index (κ3) is 4.25. The summed E-state index contributed by atoms with van der Waals surface area (Å²) in [5, 5.41) is 0. The van der Waals surface area contributed by atoms with Crippen molar-refractivity contribution in [3.05, 3.63) is 96.4 Å². The first-order chi connectivity index (χ1) is 14.7. The second-order valence-corrected chi connectivity index (χ2v) is 8.47. The summed E-state index contributed by atoms with van der Waals surface area (Å²) in [5.74, 6) is 0.900. The molecule has 3 heterocycles. The van der Waals surface area contributed by atoms with Crippen LogP contribution in [0.15, 0.2) is 89.5 Å². The molecule has 6 nitrogen and oxygen atoms in total. The topological polar surface area (TPSA) is 109 Å². The van der Waals surface area contributed by atoms with Crippen molar-refractivity contribution in [2.24, 2.45) is 0 Å². The van der Waals surface area contributed by atoms with Crippen LogP contribution >= 0.6 is 0 Å². The molecular formula is C24H20ClNO5. The van der Waals surface area contributed by atoms with Gasteiger partial charge in [-0.1, -0.05) is 36.4 Å². The Labute approximate surface area is 182 Å². The van der Waals surface area contributed by atoms with E-state index < -0.39 is 10.2 Å². The third-order valence-corrected chi connectivity index (χ3v) is 5.40. The summed E-state index contributed by atoms with van der Waals surface area (Å²) >= 11 is 0. The lowest BCUT2D eigenvalue weighted by atomic mass is 9.83. The first-order valence-electron chi connectivity index (χ1n) is 9.58. The van der Waals surface area contributed by atoms with Gasteiger partial charge in [-0.25, -0.2) is 18.6 Å². The lowest BCUT2D eigenvalue weighted by Gasteiger charge is -2.17. The fraction of sp³-hybridized carbons (Fsp3) is 0.125. The van der Waals surface area contributed by atoms with Crippen molar-refractivity contribution in [3.63, 3.8) is 0 Å². The number of benzene rings is 2. The molecule has 4 aromatic rings. The van der Waals surface area contributed by atoms with E-state index in [2.05, 4.69) is 85.1 Å². The van der Waals surface area contributed by atoms with Gasteiger partial charge in [-0.15, -0.1) is 10.2 Å². The van der Waals surface area contributed by atoms with Crippen molar-refractivity contribution in [1.82, 2.24) is 0 Å². The Morgan fingerprint density at radius 3 is 2.06 bits per heavy atom. The highest BCUT2D eigenvalue weighted by atomic mass is 35.7. The summed E-state index contributed by atoms with van der Waals surface area (Å²) in [4.78, 5) is 0. The number of hydrogen-bond donors (Lipinski definition) is 0. The van der Waals surface area contributed by atoms with Gasteiger partial charge in [-0.3, -0.25) is 0 Å². The van der Waals surface area contributed by atoms with Gasteiger partial charge < -0.3 is 4.42 Å². The molecule has 7 heteroatoms. The number of hydrogen-bond acceptors (Lipinski definition) is 5. The molecule has 158 valence electrons. The number of fused-ring (bicyclic) bond motifs is 3. The summed E-state index contributed by atoms with van der Waals surface area (Å²) in [6.45, 7) is 4.59. The Hall–Kier alpha value is -3.00. The van der Waals surface area contributed by atoms with Crippen LogP contribution in [0.25, 0.3) is 28.3 Å². The largest absolute Gasteiger partial charge is 0.464 e. The molecule has 0 atom stereocenters. The molecule has 0 fully saturated rings. The van der Waals surface area contributed by atoms with Gasteiger partial charge in [0.05, 0.1) is 11.7 Å². The van der Waals surface area contributed by atoms with Crippen LogP contribution in [0.5, 0.6) is 0 Å². The second-order valence-electron chi connectivity index (χ2n) is 7.71. The van der Waals surface area contributed by atoms with E-state index in [1.165, 1.54) is 28.2 Å². The van der Waals surface area contributed by atoms with E-state index in [9.17, 15) is 0 Å². The number of furan rings is 1. The minimum atomic E-state index is -4.94. The zero-order chi connectivity index (χ0) is 22.2. The summed E-state index contributed by atoms with van der Waals surface area (Å²) in [7, 11) is -4.94. The van der Waals surface area contributed by atoms with Crippen LogP contribution in [-0.2, 0) is 5.41 Å². The molecule has 0 spiro atoms. The number of pyridine rings is 1. The van der Waals surface area contributed by atoms with Crippen molar-refractivity contribution in [3.8, 4) is 28.3 Å². The van der Waals surface area contributed by atoms with Gasteiger partial charge in [0.2, 0.25) is 11.4 Å². The van der Waals surface area contributed by atoms with Gasteiger partial charge in [0, 0.05) is 34.9 Å². The molecule has 0 bridgehead atoms. The minimum absolute atomic E-state index is 0.0667. The molecule has 0 N–H and O–H groups in total. The van der Waals surface area contributed by atoms with Crippen LogP contribution in [0.3, 0.4) is 0 Å². The highest BCUT2D eigenvalue weighted by molar-refractivity contribution is 5.68. The second kappa shape index (κ2) is 7.92. The van der Waals surface area contributed by atoms with E-state index in [0.717, 1.165) is 11.3 Å². The maximum absolute atomic E-state index is 8.49. The monoisotopic (exact) mass is 437 g/mol. The lowest BCUT2D eigenvalue weighted by molar-refractivity contribution is -2.00. The summed E-state index contributed by atoms with van der Waals surface area (Å²) in [6.07, 6.45) is 1.73. The normalized spacial score (nSPS) is 13.7.